The minimum atomic E-state index is -3.56. The van der Waals surface area contributed by atoms with E-state index in [1.54, 1.807) is 11.2 Å². The number of aromatic nitrogens is 2. The monoisotopic (exact) mass is 271 g/mol. The normalized spacial score (nSPS) is 28.1. The first-order valence-corrected chi connectivity index (χ1v) is 7.64. The third kappa shape index (κ3) is 1.61. The van der Waals surface area contributed by atoms with E-state index in [1.165, 1.54) is 0 Å². The fourth-order valence-corrected chi connectivity index (χ4v) is 5.02. The van der Waals surface area contributed by atoms with Crippen LogP contribution in [0.2, 0.25) is 0 Å². The Balaban J connectivity index is 1.99. The molecule has 2 unspecified atom stereocenters. The van der Waals surface area contributed by atoms with Crippen LogP contribution in [0.4, 0.5) is 0 Å². The molecule has 3 rings (SSSR count). The summed E-state index contributed by atoms with van der Waals surface area (Å²) in [6.45, 7) is 2.01. The van der Waals surface area contributed by atoms with E-state index in [4.69, 9.17) is 0 Å². The number of aliphatic hydroxyl groups is 1. The van der Waals surface area contributed by atoms with Gasteiger partial charge in [0.25, 0.3) is 10.0 Å². The van der Waals surface area contributed by atoms with Gasteiger partial charge < -0.3 is 5.11 Å². The van der Waals surface area contributed by atoms with Crippen molar-refractivity contribution < 1.29 is 13.5 Å². The van der Waals surface area contributed by atoms with Crippen molar-refractivity contribution in [3.8, 4) is 0 Å². The molecule has 2 aliphatic rings. The topological polar surface area (TPSA) is 86.3 Å². The summed E-state index contributed by atoms with van der Waals surface area (Å²) >= 11 is 0. The predicted molar refractivity (Wildman–Crippen MR) is 64.3 cm³/mol. The number of hydrogen-bond acceptors (Lipinski definition) is 4. The maximum Gasteiger partial charge on any atom is 0.263 e. The van der Waals surface area contributed by atoms with Gasteiger partial charge >= 0.3 is 0 Å². The lowest BCUT2D eigenvalue weighted by Crippen LogP contribution is -2.38. The van der Waals surface area contributed by atoms with E-state index in [0.29, 0.717) is 23.7 Å². The number of aromatic amines is 1. The van der Waals surface area contributed by atoms with Gasteiger partial charge in [-0.1, -0.05) is 0 Å². The largest absolute Gasteiger partial charge is 0.392 e. The van der Waals surface area contributed by atoms with Gasteiger partial charge in [0.05, 0.1) is 6.61 Å². The second-order valence-corrected chi connectivity index (χ2v) is 7.00. The summed E-state index contributed by atoms with van der Waals surface area (Å²) in [6, 6.07) is 0.128. The summed E-state index contributed by atoms with van der Waals surface area (Å²) in [5, 5.41) is 15.8. The smallest absolute Gasteiger partial charge is 0.263 e. The lowest BCUT2D eigenvalue weighted by molar-refractivity contribution is 0.276. The van der Waals surface area contributed by atoms with Crippen LogP contribution in [0, 0.1) is 12.8 Å². The summed E-state index contributed by atoms with van der Waals surface area (Å²) in [7, 11) is -3.56. The molecule has 0 spiro atoms. The average molecular weight is 271 g/mol. The Hall–Kier alpha value is -0.920. The number of nitrogens with zero attached hydrogens (tertiary/aromatic N) is 2. The third-order valence-corrected chi connectivity index (χ3v) is 6.00. The number of H-pyrrole nitrogens is 1. The second-order valence-electron chi connectivity index (χ2n) is 5.20. The molecule has 7 heteroatoms. The first-order valence-electron chi connectivity index (χ1n) is 6.20. The van der Waals surface area contributed by atoms with Crippen LogP contribution in [0.1, 0.15) is 30.5 Å². The van der Waals surface area contributed by atoms with Crippen LogP contribution in [0.15, 0.2) is 5.03 Å². The molecule has 1 aliphatic carbocycles. The zero-order chi connectivity index (χ0) is 12.9. The Morgan fingerprint density at radius 2 is 2.28 bits per heavy atom. The zero-order valence-corrected chi connectivity index (χ0v) is 11.1. The Labute approximate surface area is 106 Å². The highest BCUT2D eigenvalue weighted by molar-refractivity contribution is 7.89. The van der Waals surface area contributed by atoms with E-state index in [2.05, 4.69) is 10.2 Å². The van der Waals surface area contributed by atoms with Gasteiger partial charge in [-0.2, -0.15) is 9.40 Å². The number of rotatable bonds is 3. The van der Waals surface area contributed by atoms with Crippen LogP contribution >= 0.6 is 0 Å². The van der Waals surface area contributed by atoms with Crippen molar-refractivity contribution in [3.63, 3.8) is 0 Å². The van der Waals surface area contributed by atoms with E-state index < -0.39 is 10.0 Å². The van der Waals surface area contributed by atoms with Crippen molar-refractivity contribution in [2.75, 3.05) is 6.54 Å². The van der Waals surface area contributed by atoms with Crippen molar-refractivity contribution in [1.82, 2.24) is 14.5 Å². The van der Waals surface area contributed by atoms with Crippen molar-refractivity contribution in [1.29, 1.82) is 0 Å². The van der Waals surface area contributed by atoms with Crippen molar-refractivity contribution in [2.45, 2.75) is 43.9 Å². The molecular weight excluding hydrogens is 254 g/mol. The van der Waals surface area contributed by atoms with E-state index in [0.717, 1.165) is 19.3 Å². The van der Waals surface area contributed by atoms with Crippen LogP contribution in [-0.2, 0) is 16.6 Å². The first kappa shape index (κ1) is 12.1. The van der Waals surface area contributed by atoms with Crippen molar-refractivity contribution >= 4 is 10.0 Å². The van der Waals surface area contributed by atoms with E-state index in [1.807, 2.05) is 0 Å². The Bertz CT molecular complexity index is 566. The van der Waals surface area contributed by atoms with Gasteiger partial charge in [-0.05, 0) is 32.1 Å². The number of sulfonamides is 1. The Morgan fingerprint density at radius 3 is 2.83 bits per heavy atom. The summed E-state index contributed by atoms with van der Waals surface area (Å²) in [4.78, 5) is 0. The fraction of sp³-hybridized carbons (Fsp3) is 0.727. The summed E-state index contributed by atoms with van der Waals surface area (Å²) in [5.74, 6) is 0.502. The highest BCUT2D eigenvalue weighted by atomic mass is 32.2. The van der Waals surface area contributed by atoms with E-state index in [9.17, 15) is 13.5 Å². The van der Waals surface area contributed by atoms with Gasteiger partial charge in [0, 0.05) is 23.8 Å². The molecule has 1 aliphatic heterocycles. The van der Waals surface area contributed by atoms with Crippen LogP contribution in [0.5, 0.6) is 0 Å². The fourth-order valence-electron chi connectivity index (χ4n) is 3.11. The first-order chi connectivity index (χ1) is 8.54. The number of fused-ring (bicyclic) bond motifs is 2. The molecule has 0 radical (unpaired) electrons. The lowest BCUT2D eigenvalue weighted by atomic mass is 10.1. The molecule has 0 aromatic carbocycles. The molecule has 1 aromatic heterocycles. The molecule has 2 heterocycles. The van der Waals surface area contributed by atoms with Crippen molar-refractivity contribution in [3.05, 3.63) is 11.3 Å². The van der Waals surface area contributed by atoms with Crippen LogP contribution < -0.4 is 0 Å². The molecule has 1 aromatic rings. The van der Waals surface area contributed by atoms with Crippen LogP contribution in [0.3, 0.4) is 0 Å². The maximum absolute atomic E-state index is 12.5. The molecule has 2 N–H and O–H groups in total. The number of aryl methyl sites for hydroxylation is 1. The SMILES string of the molecule is Cc1[nH]nc(S(=O)(=O)N2CC3CCC2C3)c1CO. The standard InChI is InChI=1S/C11H17N3O3S/c1-7-10(6-15)11(13-12-7)18(16,17)14-5-8-2-3-9(14)4-8/h8-9,15H,2-6H2,1H3,(H,12,13). The summed E-state index contributed by atoms with van der Waals surface area (Å²) < 4.78 is 26.7. The van der Waals surface area contributed by atoms with Crippen molar-refractivity contribution in [2.24, 2.45) is 5.92 Å². The molecular formula is C11H17N3O3S. The van der Waals surface area contributed by atoms with Gasteiger partial charge in [-0.25, -0.2) is 8.42 Å². The van der Waals surface area contributed by atoms with Crippen LogP contribution in [0.25, 0.3) is 0 Å². The lowest BCUT2D eigenvalue weighted by Gasteiger charge is -2.25. The van der Waals surface area contributed by atoms with E-state index >= 15 is 0 Å². The van der Waals surface area contributed by atoms with E-state index in [-0.39, 0.29) is 17.7 Å². The quantitative estimate of drug-likeness (QED) is 0.832. The summed E-state index contributed by atoms with van der Waals surface area (Å²) in [6.07, 6.45) is 3.04. The second kappa shape index (κ2) is 4.04. The number of piperidine rings is 1. The predicted octanol–water partition coefficient (Wildman–Crippen LogP) is 0.383. The molecule has 100 valence electrons. The molecule has 6 nitrogen and oxygen atoms in total. The molecule has 1 saturated carbocycles. The Morgan fingerprint density at radius 1 is 1.50 bits per heavy atom. The van der Waals surface area contributed by atoms with Gasteiger partial charge in [0.1, 0.15) is 0 Å². The third-order valence-electron chi connectivity index (χ3n) is 4.11. The van der Waals surface area contributed by atoms with Gasteiger partial charge in [-0.15, -0.1) is 0 Å². The minimum Gasteiger partial charge on any atom is -0.392 e. The zero-order valence-electron chi connectivity index (χ0n) is 10.3. The molecule has 2 atom stereocenters. The molecule has 18 heavy (non-hydrogen) atoms. The molecule has 2 fully saturated rings. The maximum atomic E-state index is 12.5. The van der Waals surface area contributed by atoms with Gasteiger partial charge in [-0.3, -0.25) is 5.10 Å². The summed E-state index contributed by atoms with van der Waals surface area (Å²) in [5.41, 5.74) is 0.998. The molecule has 1 saturated heterocycles. The highest BCUT2D eigenvalue weighted by Crippen LogP contribution is 2.40. The molecule has 0 amide bonds. The highest BCUT2D eigenvalue weighted by Gasteiger charge is 2.45. The molecule has 2 bridgehead atoms. The minimum absolute atomic E-state index is 0.00458. The van der Waals surface area contributed by atoms with Gasteiger partial charge in [0.15, 0.2) is 5.03 Å². The van der Waals surface area contributed by atoms with Gasteiger partial charge in [0.2, 0.25) is 0 Å². The number of nitrogens with one attached hydrogen (secondary N) is 1. The Kier molecular flexibility index (Phi) is 2.72. The number of hydrogen-bond donors (Lipinski definition) is 2. The average Bonchev–Trinajstić information content (AvgIpc) is 3.02. The van der Waals surface area contributed by atoms with Crippen LogP contribution in [-0.4, -0.2) is 40.6 Å². The number of aliphatic hydroxyl groups excluding tert-OH is 1.